The van der Waals surface area contributed by atoms with Crippen molar-refractivity contribution in [3.05, 3.63) is 53.6 Å². The van der Waals surface area contributed by atoms with Gasteiger partial charge in [0.2, 0.25) is 5.91 Å². The molecule has 0 atom stereocenters. The van der Waals surface area contributed by atoms with Crippen molar-refractivity contribution in [3.63, 3.8) is 0 Å². The number of nitrogens with zero attached hydrogens (tertiary/aromatic N) is 1. The van der Waals surface area contributed by atoms with Crippen LogP contribution in [0.1, 0.15) is 43.1 Å². The second-order valence-corrected chi connectivity index (χ2v) is 7.84. The fourth-order valence-corrected chi connectivity index (χ4v) is 3.18. The van der Waals surface area contributed by atoms with Crippen LogP contribution in [0.5, 0.6) is 5.75 Å². The number of ether oxygens (including phenoxy) is 1. The van der Waals surface area contributed by atoms with Crippen LogP contribution in [0.15, 0.2) is 42.5 Å². The molecule has 0 unspecified atom stereocenters. The zero-order valence-electron chi connectivity index (χ0n) is 17.0. The van der Waals surface area contributed by atoms with E-state index in [1.807, 2.05) is 20.8 Å². The maximum Gasteiger partial charge on any atom is 0.416 e. The van der Waals surface area contributed by atoms with Crippen LogP contribution in [0.2, 0.25) is 0 Å². The van der Waals surface area contributed by atoms with Gasteiger partial charge < -0.3 is 15.0 Å². The standard InChI is InChI=1S/C22H23F3N2O3/c1-4-11-27-17-10-9-16(12-18(17)30-13-21(2,3)20(27)29)26-19(28)14-5-7-15(8-6-14)22(23,24)25/h5-10,12H,4,11,13H2,1-3H3,(H,26,28). The predicted octanol–water partition coefficient (Wildman–Crippen LogP) is 5.12. The SMILES string of the molecule is CCCN1C(=O)C(C)(C)COc2cc(NC(=O)c3ccc(C(F)(F)F)cc3)ccc21. The third-order valence-corrected chi connectivity index (χ3v) is 4.84. The van der Waals surface area contributed by atoms with Gasteiger partial charge in [0, 0.05) is 23.9 Å². The molecular weight excluding hydrogens is 397 g/mol. The Morgan fingerprint density at radius 3 is 2.43 bits per heavy atom. The molecule has 1 N–H and O–H groups in total. The second-order valence-electron chi connectivity index (χ2n) is 7.84. The molecule has 1 aliphatic heterocycles. The van der Waals surface area contributed by atoms with E-state index in [9.17, 15) is 22.8 Å². The highest BCUT2D eigenvalue weighted by Gasteiger charge is 2.37. The van der Waals surface area contributed by atoms with Crippen molar-refractivity contribution in [3.8, 4) is 5.75 Å². The van der Waals surface area contributed by atoms with E-state index >= 15 is 0 Å². The lowest BCUT2D eigenvalue weighted by Gasteiger charge is -2.27. The monoisotopic (exact) mass is 420 g/mol. The molecule has 0 saturated heterocycles. The van der Waals surface area contributed by atoms with Crippen molar-refractivity contribution < 1.29 is 27.5 Å². The van der Waals surface area contributed by atoms with E-state index < -0.39 is 23.1 Å². The highest BCUT2D eigenvalue weighted by atomic mass is 19.4. The van der Waals surface area contributed by atoms with Crippen molar-refractivity contribution in [1.29, 1.82) is 0 Å². The number of hydrogen-bond acceptors (Lipinski definition) is 3. The molecule has 5 nitrogen and oxygen atoms in total. The van der Waals surface area contributed by atoms with E-state index in [4.69, 9.17) is 4.74 Å². The Labute approximate surface area is 172 Å². The number of carbonyl (C=O) groups is 2. The summed E-state index contributed by atoms with van der Waals surface area (Å²) >= 11 is 0. The zero-order chi connectivity index (χ0) is 22.1. The Morgan fingerprint density at radius 1 is 1.17 bits per heavy atom. The minimum absolute atomic E-state index is 0.0374. The van der Waals surface area contributed by atoms with Crippen LogP contribution in [-0.2, 0) is 11.0 Å². The van der Waals surface area contributed by atoms with E-state index in [0.717, 1.165) is 30.7 Å². The molecule has 8 heteroatoms. The molecular formula is C22H23F3N2O3. The first kappa shape index (κ1) is 21.7. The molecule has 0 radical (unpaired) electrons. The van der Waals surface area contributed by atoms with Crippen LogP contribution >= 0.6 is 0 Å². The third kappa shape index (κ3) is 4.42. The molecule has 2 aromatic rings. The van der Waals surface area contributed by atoms with Gasteiger partial charge in [-0.25, -0.2) is 0 Å². The van der Waals surface area contributed by atoms with Gasteiger partial charge in [-0.05, 0) is 56.7 Å². The van der Waals surface area contributed by atoms with Gasteiger partial charge in [-0.1, -0.05) is 6.92 Å². The molecule has 30 heavy (non-hydrogen) atoms. The molecule has 3 rings (SSSR count). The fourth-order valence-electron chi connectivity index (χ4n) is 3.18. The van der Waals surface area contributed by atoms with Gasteiger partial charge in [-0.15, -0.1) is 0 Å². The lowest BCUT2D eigenvalue weighted by molar-refractivity contribution is -0.137. The first-order valence-electron chi connectivity index (χ1n) is 9.60. The minimum atomic E-state index is -4.46. The Kier molecular flexibility index (Phi) is 5.78. The molecule has 0 bridgehead atoms. The fraction of sp³-hybridized carbons (Fsp3) is 0.364. The predicted molar refractivity (Wildman–Crippen MR) is 108 cm³/mol. The summed E-state index contributed by atoms with van der Waals surface area (Å²) in [5.74, 6) is -0.114. The number of hydrogen-bond donors (Lipinski definition) is 1. The number of rotatable bonds is 4. The lowest BCUT2D eigenvalue weighted by atomic mass is 9.93. The van der Waals surface area contributed by atoms with Crippen LogP contribution in [0.25, 0.3) is 0 Å². The van der Waals surface area contributed by atoms with Crippen molar-refractivity contribution in [2.45, 2.75) is 33.4 Å². The molecule has 0 aliphatic carbocycles. The highest BCUT2D eigenvalue weighted by molar-refractivity contribution is 6.05. The molecule has 160 valence electrons. The quantitative estimate of drug-likeness (QED) is 0.747. The number of anilines is 2. The molecule has 0 spiro atoms. The van der Waals surface area contributed by atoms with Gasteiger partial charge in [0.05, 0.1) is 16.7 Å². The van der Waals surface area contributed by atoms with Gasteiger partial charge in [0.15, 0.2) is 0 Å². The van der Waals surface area contributed by atoms with Gasteiger partial charge >= 0.3 is 6.18 Å². The molecule has 0 saturated carbocycles. The molecule has 0 aromatic heterocycles. The van der Waals surface area contributed by atoms with E-state index in [-0.39, 0.29) is 18.1 Å². The van der Waals surface area contributed by atoms with Gasteiger partial charge in [-0.3, -0.25) is 9.59 Å². The summed E-state index contributed by atoms with van der Waals surface area (Å²) in [5, 5.41) is 2.66. The summed E-state index contributed by atoms with van der Waals surface area (Å²) in [4.78, 5) is 27.0. The van der Waals surface area contributed by atoms with Crippen LogP contribution < -0.4 is 15.0 Å². The molecule has 0 fully saturated rings. The summed E-state index contributed by atoms with van der Waals surface area (Å²) in [6.45, 7) is 6.34. The topological polar surface area (TPSA) is 58.6 Å². The third-order valence-electron chi connectivity index (χ3n) is 4.84. The maximum absolute atomic E-state index is 12.9. The van der Waals surface area contributed by atoms with Gasteiger partial charge in [0.1, 0.15) is 12.4 Å². The Balaban J connectivity index is 1.83. The zero-order valence-corrected chi connectivity index (χ0v) is 17.0. The summed E-state index contributed by atoms with van der Waals surface area (Å²) in [6, 6.07) is 8.95. The number of fused-ring (bicyclic) bond motifs is 1. The van der Waals surface area contributed by atoms with Gasteiger partial charge in [0.25, 0.3) is 5.91 Å². The smallest absolute Gasteiger partial charge is 0.416 e. The van der Waals surface area contributed by atoms with Crippen LogP contribution in [-0.4, -0.2) is 25.0 Å². The van der Waals surface area contributed by atoms with E-state index in [1.165, 1.54) is 0 Å². The number of halogens is 3. The summed E-state index contributed by atoms with van der Waals surface area (Å²) in [7, 11) is 0. The van der Waals surface area contributed by atoms with E-state index in [1.54, 1.807) is 23.1 Å². The first-order valence-corrected chi connectivity index (χ1v) is 9.60. The highest BCUT2D eigenvalue weighted by Crippen LogP contribution is 2.38. The average Bonchev–Trinajstić information content (AvgIpc) is 2.78. The number of amides is 2. The van der Waals surface area contributed by atoms with E-state index in [0.29, 0.717) is 23.7 Å². The largest absolute Gasteiger partial charge is 0.490 e. The van der Waals surface area contributed by atoms with Crippen molar-refractivity contribution >= 4 is 23.2 Å². The summed E-state index contributed by atoms with van der Waals surface area (Å²) in [6.07, 6.45) is -3.69. The Morgan fingerprint density at radius 2 is 1.83 bits per heavy atom. The number of benzene rings is 2. The summed E-state index contributed by atoms with van der Waals surface area (Å²) in [5.41, 5.74) is -0.372. The van der Waals surface area contributed by atoms with Gasteiger partial charge in [-0.2, -0.15) is 13.2 Å². The minimum Gasteiger partial charge on any atom is -0.490 e. The Hall–Kier alpha value is -3.03. The number of nitrogens with one attached hydrogen (secondary N) is 1. The van der Waals surface area contributed by atoms with Crippen LogP contribution in [0.4, 0.5) is 24.5 Å². The number of alkyl halides is 3. The van der Waals surface area contributed by atoms with E-state index in [2.05, 4.69) is 5.32 Å². The maximum atomic E-state index is 12.9. The van der Waals surface area contributed by atoms with Crippen molar-refractivity contribution in [2.75, 3.05) is 23.4 Å². The molecule has 1 heterocycles. The van der Waals surface area contributed by atoms with Crippen LogP contribution in [0, 0.1) is 5.41 Å². The van der Waals surface area contributed by atoms with Crippen molar-refractivity contribution in [2.24, 2.45) is 5.41 Å². The molecule has 2 aromatic carbocycles. The Bertz CT molecular complexity index is 953. The average molecular weight is 420 g/mol. The molecule has 1 aliphatic rings. The van der Waals surface area contributed by atoms with Crippen LogP contribution in [0.3, 0.4) is 0 Å². The first-order chi connectivity index (χ1) is 14.0. The lowest BCUT2D eigenvalue weighted by Crippen LogP contribution is -2.42. The molecule has 2 amide bonds. The normalized spacial score (nSPS) is 15.8. The summed E-state index contributed by atoms with van der Waals surface area (Å²) < 4.78 is 43.9. The second kappa shape index (κ2) is 8.01. The number of carbonyl (C=O) groups excluding carboxylic acids is 2. The van der Waals surface area contributed by atoms with Crippen molar-refractivity contribution in [1.82, 2.24) is 0 Å².